The van der Waals surface area contributed by atoms with Crippen LogP contribution in [0.4, 0.5) is 0 Å². The number of benzene rings is 2. The topological polar surface area (TPSA) is 190 Å². The standard InChI is InChI=1S/C35H41N7O6/c1-34(2,48)28-19-37-40-42(28)25-18-27(32(46)39-35(14-15-35)29(43)30(36)44)41(20-25)33(47)26(16-21-8-4-3-5-9-21)38-31(45)24-13-12-22-10-6-7-11-23(22)17-24/h6-7,10-13,17,19,21,25,27,48H,3-5,8-9,14-16,18,20H2,1-2H3,(H2,36,44)(H,39,46)/b38-26+/t25-,27-/m0/s1. The Labute approximate surface area is 277 Å². The highest BCUT2D eigenvalue weighted by Gasteiger charge is 2.55. The molecule has 6 rings (SSSR count). The summed E-state index contributed by atoms with van der Waals surface area (Å²) in [6, 6.07) is 11.3. The number of aliphatic hydroxyl groups is 1. The van der Waals surface area contributed by atoms with E-state index in [-0.39, 0.29) is 43.9 Å². The number of amides is 4. The molecule has 2 atom stereocenters. The summed E-state index contributed by atoms with van der Waals surface area (Å²) in [5.41, 5.74) is 3.36. The highest BCUT2D eigenvalue weighted by molar-refractivity contribution is 6.41. The lowest BCUT2D eigenvalue weighted by atomic mass is 9.85. The molecule has 0 spiro atoms. The Balaban J connectivity index is 1.35. The molecule has 4 N–H and O–H groups in total. The second kappa shape index (κ2) is 13.0. The fourth-order valence-electron chi connectivity index (χ4n) is 7.03. The molecule has 13 heteroatoms. The van der Waals surface area contributed by atoms with Crippen LogP contribution in [0.3, 0.4) is 0 Å². The van der Waals surface area contributed by atoms with Crippen LogP contribution in [0.15, 0.2) is 53.7 Å². The second-order valence-corrected chi connectivity index (χ2v) is 13.9. The molecule has 2 aliphatic carbocycles. The third-order valence-corrected chi connectivity index (χ3v) is 9.85. The first-order valence-corrected chi connectivity index (χ1v) is 16.6. The zero-order valence-electron chi connectivity index (χ0n) is 27.2. The van der Waals surface area contributed by atoms with Gasteiger partial charge < -0.3 is 21.1 Å². The Morgan fingerprint density at radius 3 is 2.42 bits per heavy atom. The van der Waals surface area contributed by atoms with Gasteiger partial charge in [-0.15, -0.1) is 5.10 Å². The molecule has 3 aromatic rings. The van der Waals surface area contributed by atoms with E-state index < -0.39 is 52.6 Å². The van der Waals surface area contributed by atoms with Gasteiger partial charge in [0, 0.05) is 18.5 Å². The number of aromatic nitrogens is 3. The molecule has 2 heterocycles. The van der Waals surface area contributed by atoms with Gasteiger partial charge in [0.15, 0.2) is 0 Å². The van der Waals surface area contributed by atoms with E-state index in [9.17, 15) is 29.1 Å². The number of carbonyl (C=O) groups excluding carboxylic acids is 5. The average molecular weight is 656 g/mol. The van der Waals surface area contributed by atoms with Crippen LogP contribution in [0.2, 0.25) is 0 Å². The normalized spacial score (nSPS) is 21.2. The van der Waals surface area contributed by atoms with E-state index in [4.69, 9.17) is 5.73 Å². The Hall–Kier alpha value is -4.78. The summed E-state index contributed by atoms with van der Waals surface area (Å²) in [6.07, 6.45) is 7.24. The molecule has 2 aromatic carbocycles. The number of ketones is 1. The second-order valence-electron chi connectivity index (χ2n) is 13.9. The lowest BCUT2D eigenvalue weighted by Crippen LogP contribution is -2.55. The van der Waals surface area contributed by atoms with E-state index >= 15 is 0 Å². The van der Waals surface area contributed by atoms with Crippen molar-refractivity contribution in [3.8, 4) is 0 Å². The molecule has 0 bridgehead atoms. The predicted molar refractivity (Wildman–Crippen MR) is 176 cm³/mol. The largest absolute Gasteiger partial charge is 0.384 e. The molecule has 1 aliphatic heterocycles. The van der Waals surface area contributed by atoms with E-state index in [0.29, 0.717) is 11.3 Å². The van der Waals surface area contributed by atoms with Crippen LogP contribution in [-0.4, -0.2) is 78.2 Å². The van der Waals surface area contributed by atoms with E-state index in [2.05, 4.69) is 20.6 Å². The van der Waals surface area contributed by atoms with Gasteiger partial charge in [-0.1, -0.05) is 67.6 Å². The zero-order valence-corrected chi connectivity index (χ0v) is 27.2. The van der Waals surface area contributed by atoms with Gasteiger partial charge in [-0.25, -0.2) is 9.67 Å². The number of aliphatic imine (C=N–C) groups is 1. The summed E-state index contributed by atoms with van der Waals surface area (Å²) in [7, 11) is 0. The molecule has 3 fully saturated rings. The summed E-state index contributed by atoms with van der Waals surface area (Å²) < 4.78 is 1.51. The summed E-state index contributed by atoms with van der Waals surface area (Å²) in [5, 5.41) is 23.5. The molecular formula is C35H41N7O6. The molecule has 252 valence electrons. The lowest BCUT2D eigenvalue weighted by Gasteiger charge is -2.28. The number of carbonyl (C=O) groups is 5. The van der Waals surface area contributed by atoms with Gasteiger partial charge in [0.1, 0.15) is 22.9 Å². The van der Waals surface area contributed by atoms with Gasteiger partial charge in [0.2, 0.25) is 11.7 Å². The van der Waals surface area contributed by atoms with E-state index in [0.717, 1.165) is 42.9 Å². The third kappa shape index (κ3) is 6.77. The SMILES string of the molecule is CC(C)(O)c1cnnn1[C@H]1C[C@@H](C(=O)NC2(C(=O)C(N)=O)CC2)N(C(=O)/C(CC2CCCCC2)=N/C(=O)c2ccc3ccccc3c2)C1. The molecule has 0 unspecified atom stereocenters. The molecule has 48 heavy (non-hydrogen) atoms. The molecule has 4 amide bonds. The number of nitrogens with two attached hydrogens (primary N) is 1. The lowest BCUT2D eigenvalue weighted by molar-refractivity contribution is -0.140. The van der Waals surface area contributed by atoms with Crippen molar-refractivity contribution in [1.82, 2.24) is 25.2 Å². The highest BCUT2D eigenvalue weighted by atomic mass is 16.3. The number of nitrogens with zero attached hydrogens (tertiary/aromatic N) is 5. The maximum atomic E-state index is 14.6. The van der Waals surface area contributed by atoms with Crippen molar-refractivity contribution in [2.45, 2.75) is 94.9 Å². The van der Waals surface area contributed by atoms with Crippen LogP contribution < -0.4 is 11.1 Å². The van der Waals surface area contributed by atoms with Gasteiger partial charge in [0.05, 0.1) is 17.9 Å². The first kappa shape index (κ1) is 33.1. The minimum atomic E-state index is -1.40. The molecule has 0 radical (unpaired) electrons. The van der Waals surface area contributed by atoms with Gasteiger partial charge in [-0.3, -0.25) is 24.0 Å². The van der Waals surface area contributed by atoms with Crippen molar-refractivity contribution >= 4 is 45.9 Å². The number of rotatable bonds is 10. The van der Waals surface area contributed by atoms with Crippen LogP contribution in [0.1, 0.15) is 93.7 Å². The number of Topliss-reactive ketones (excluding diaryl/α,β-unsaturated/α-hetero) is 1. The summed E-state index contributed by atoms with van der Waals surface area (Å²) in [4.78, 5) is 72.2. The summed E-state index contributed by atoms with van der Waals surface area (Å²) in [6.45, 7) is 3.18. The van der Waals surface area contributed by atoms with Crippen LogP contribution in [0, 0.1) is 5.92 Å². The Morgan fingerprint density at radius 2 is 1.75 bits per heavy atom. The Kier molecular flexibility index (Phi) is 8.99. The van der Waals surface area contributed by atoms with E-state index in [1.165, 1.54) is 15.8 Å². The summed E-state index contributed by atoms with van der Waals surface area (Å²) >= 11 is 0. The van der Waals surface area contributed by atoms with E-state index in [1.807, 2.05) is 30.3 Å². The molecule has 13 nitrogen and oxygen atoms in total. The van der Waals surface area contributed by atoms with Crippen LogP contribution >= 0.6 is 0 Å². The van der Waals surface area contributed by atoms with Gasteiger partial charge in [0.25, 0.3) is 17.7 Å². The Morgan fingerprint density at radius 1 is 1.04 bits per heavy atom. The van der Waals surface area contributed by atoms with Gasteiger partial charge in [-0.05, 0) is 61.9 Å². The first-order chi connectivity index (χ1) is 22.9. The van der Waals surface area contributed by atoms with Gasteiger partial charge in [-0.2, -0.15) is 0 Å². The molecular weight excluding hydrogens is 614 g/mol. The van der Waals surface area contributed by atoms with Crippen molar-refractivity contribution in [3.63, 3.8) is 0 Å². The number of nitrogens with one attached hydrogen (secondary N) is 1. The summed E-state index contributed by atoms with van der Waals surface area (Å²) in [5.74, 6) is -3.62. The van der Waals surface area contributed by atoms with Crippen molar-refractivity contribution in [3.05, 3.63) is 59.9 Å². The van der Waals surface area contributed by atoms with Crippen LogP contribution in [0.5, 0.6) is 0 Å². The van der Waals surface area contributed by atoms with Crippen molar-refractivity contribution < 1.29 is 29.1 Å². The fourth-order valence-corrected chi connectivity index (χ4v) is 7.03. The van der Waals surface area contributed by atoms with Crippen molar-refractivity contribution in [2.24, 2.45) is 16.6 Å². The number of hydrogen-bond donors (Lipinski definition) is 3. The third-order valence-electron chi connectivity index (χ3n) is 9.85. The van der Waals surface area contributed by atoms with Crippen molar-refractivity contribution in [2.75, 3.05) is 6.54 Å². The van der Waals surface area contributed by atoms with Crippen LogP contribution in [0.25, 0.3) is 10.8 Å². The number of fused-ring (bicyclic) bond motifs is 1. The highest BCUT2D eigenvalue weighted by Crippen LogP contribution is 2.38. The number of hydrogen-bond acceptors (Lipinski definition) is 8. The van der Waals surface area contributed by atoms with E-state index in [1.54, 1.807) is 26.0 Å². The van der Waals surface area contributed by atoms with Crippen LogP contribution in [-0.2, 0) is 24.8 Å². The molecule has 3 aliphatic rings. The first-order valence-electron chi connectivity index (χ1n) is 16.6. The fraction of sp³-hybridized carbons (Fsp3) is 0.486. The number of primary amides is 1. The van der Waals surface area contributed by atoms with Crippen molar-refractivity contribution in [1.29, 1.82) is 0 Å². The van der Waals surface area contributed by atoms with Gasteiger partial charge >= 0.3 is 0 Å². The zero-order chi connectivity index (χ0) is 34.2. The smallest absolute Gasteiger partial charge is 0.287 e. The minimum Gasteiger partial charge on any atom is -0.384 e. The quantitative estimate of drug-likeness (QED) is 0.219. The molecule has 1 saturated heterocycles. The average Bonchev–Trinajstić information content (AvgIpc) is 3.44. The Bertz CT molecular complexity index is 1800. The predicted octanol–water partition coefficient (Wildman–Crippen LogP) is 2.76. The molecule has 1 aromatic heterocycles. The maximum absolute atomic E-state index is 14.6. The monoisotopic (exact) mass is 655 g/mol. The number of likely N-dealkylation sites (tertiary alicyclic amines) is 1. The maximum Gasteiger partial charge on any atom is 0.287 e. The minimum absolute atomic E-state index is 0.00791. The molecule has 2 saturated carbocycles.